The topological polar surface area (TPSA) is 21.3 Å². The second kappa shape index (κ2) is 4.06. The Morgan fingerprint density at radius 1 is 1.50 bits per heavy atom. The van der Waals surface area contributed by atoms with Crippen LogP contribution in [0.4, 0.5) is 0 Å². The number of fused-ring (bicyclic) bond motifs is 1. The number of nitrogens with one attached hydrogen (secondary N) is 1. The summed E-state index contributed by atoms with van der Waals surface area (Å²) in [6.07, 6.45) is 1.32. The van der Waals surface area contributed by atoms with Crippen molar-refractivity contribution in [3.05, 3.63) is 27.3 Å². The fourth-order valence-corrected chi connectivity index (χ4v) is 2.62. The van der Waals surface area contributed by atoms with Gasteiger partial charge in [0.05, 0.1) is 9.61 Å². The average molecular weight is 303 g/mol. The minimum atomic E-state index is 0.283. The summed E-state index contributed by atoms with van der Waals surface area (Å²) in [6.45, 7) is 2.16. The zero-order chi connectivity index (χ0) is 10.1. The summed E-state index contributed by atoms with van der Waals surface area (Å²) in [5.41, 5.74) is 1.30. The fourth-order valence-electron chi connectivity index (χ4n) is 1.97. The second-order valence-electron chi connectivity index (χ2n) is 3.49. The molecule has 1 aliphatic heterocycles. The summed E-state index contributed by atoms with van der Waals surface area (Å²) in [5, 5.41) is 3.32. The van der Waals surface area contributed by atoms with Crippen LogP contribution in [0.3, 0.4) is 0 Å². The minimum absolute atomic E-state index is 0.283. The zero-order valence-corrected chi connectivity index (χ0v) is 10.5. The standard InChI is InChI=1S/C11H14INO/c1-3-9-10(13-2)7-5-4-6-8(12)11(7)14-9/h4-6,9-10,13H,3H2,1-2H3. The SMILES string of the molecule is CCC1Oc2c(I)cccc2C1NC. The first-order valence-electron chi connectivity index (χ1n) is 4.90. The molecule has 0 amide bonds. The van der Waals surface area contributed by atoms with E-state index in [0.717, 1.165) is 12.2 Å². The summed E-state index contributed by atoms with van der Waals surface area (Å²) < 4.78 is 7.13. The van der Waals surface area contributed by atoms with Crippen molar-refractivity contribution in [3.63, 3.8) is 0 Å². The Bertz CT molecular complexity index is 340. The monoisotopic (exact) mass is 303 g/mol. The van der Waals surface area contributed by atoms with Gasteiger partial charge in [0.25, 0.3) is 0 Å². The van der Waals surface area contributed by atoms with Gasteiger partial charge in [-0.05, 0) is 42.1 Å². The van der Waals surface area contributed by atoms with E-state index in [9.17, 15) is 0 Å². The van der Waals surface area contributed by atoms with E-state index in [1.165, 1.54) is 9.13 Å². The van der Waals surface area contributed by atoms with Crippen LogP contribution in [-0.4, -0.2) is 13.2 Å². The predicted octanol–water partition coefficient (Wildman–Crippen LogP) is 2.72. The van der Waals surface area contributed by atoms with Crippen molar-refractivity contribution in [2.24, 2.45) is 0 Å². The van der Waals surface area contributed by atoms with Gasteiger partial charge in [-0.3, -0.25) is 0 Å². The van der Waals surface area contributed by atoms with E-state index in [0.29, 0.717) is 6.04 Å². The van der Waals surface area contributed by atoms with Crippen molar-refractivity contribution in [3.8, 4) is 5.75 Å². The molecule has 1 heterocycles. The maximum atomic E-state index is 5.92. The summed E-state index contributed by atoms with van der Waals surface area (Å²) in [5.74, 6) is 1.07. The van der Waals surface area contributed by atoms with Gasteiger partial charge in [-0.25, -0.2) is 0 Å². The van der Waals surface area contributed by atoms with Crippen LogP contribution in [0.25, 0.3) is 0 Å². The molecule has 2 nitrogen and oxygen atoms in total. The van der Waals surface area contributed by atoms with Gasteiger partial charge >= 0.3 is 0 Å². The molecule has 1 N–H and O–H groups in total. The number of hydrogen-bond donors (Lipinski definition) is 1. The first-order chi connectivity index (χ1) is 6.77. The highest BCUT2D eigenvalue weighted by molar-refractivity contribution is 14.1. The number of rotatable bonds is 2. The Balaban J connectivity index is 2.42. The van der Waals surface area contributed by atoms with E-state index in [2.05, 4.69) is 53.0 Å². The molecule has 3 heteroatoms. The zero-order valence-electron chi connectivity index (χ0n) is 8.38. The maximum absolute atomic E-state index is 5.92. The van der Waals surface area contributed by atoms with E-state index < -0.39 is 0 Å². The van der Waals surface area contributed by atoms with Crippen molar-refractivity contribution in [1.82, 2.24) is 5.32 Å². The van der Waals surface area contributed by atoms with Crippen LogP contribution in [0.2, 0.25) is 0 Å². The highest BCUT2D eigenvalue weighted by Crippen LogP contribution is 2.40. The van der Waals surface area contributed by atoms with Gasteiger partial charge in [0.1, 0.15) is 11.9 Å². The molecule has 2 unspecified atom stereocenters. The lowest BCUT2D eigenvalue weighted by Crippen LogP contribution is -2.27. The molecule has 2 rings (SSSR count). The highest BCUT2D eigenvalue weighted by atomic mass is 127. The minimum Gasteiger partial charge on any atom is -0.487 e. The Morgan fingerprint density at radius 3 is 2.93 bits per heavy atom. The van der Waals surface area contributed by atoms with Crippen molar-refractivity contribution in [2.45, 2.75) is 25.5 Å². The highest BCUT2D eigenvalue weighted by Gasteiger charge is 2.32. The molecule has 0 saturated heterocycles. The molecule has 0 bridgehead atoms. The van der Waals surface area contributed by atoms with Gasteiger partial charge < -0.3 is 10.1 Å². The van der Waals surface area contributed by atoms with Gasteiger partial charge in [-0.15, -0.1) is 0 Å². The number of para-hydroxylation sites is 1. The Morgan fingerprint density at radius 2 is 2.29 bits per heavy atom. The van der Waals surface area contributed by atoms with E-state index in [4.69, 9.17) is 4.74 Å². The number of likely N-dealkylation sites (N-methyl/N-ethyl adjacent to an activating group) is 1. The number of ether oxygens (including phenoxy) is 1. The molecular weight excluding hydrogens is 289 g/mol. The van der Waals surface area contributed by atoms with Crippen LogP contribution in [0.1, 0.15) is 24.9 Å². The van der Waals surface area contributed by atoms with Crippen LogP contribution in [0.15, 0.2) is 18.2 Å². The molecule has 76 valence electrons. The molecule has 0 saturated carbocycles. The molecule has 2 atom stereocenters. The van der Waals surface area contributed by atoms with Crippen molar-refractivity contribution in [1.29, 1.82) is 0 Å². The summed E-state index contributed by atoms with van der Waals surface area (Å²) >= 11 is 2.33. The van der Waals surface area contributed by atoms with Crippen molar-refractivity contribution in [2.75, 3.05) is 7.05 Å². The van der Waals surface area contributed by atoms with E-state index in [1.54, 1.807) is 0 Å². The Labute approximate surface area is 98.2 Å². The summed E-state index contributed by atoms with van der Waals surface area (Å²) in [7, 11) is 1.99. The first kappa shape index (κ1) is 10.2. The van der Waals surface area contributed by atoms with Crippen LogP contribution >= 0.6 is 22.6 Å². The molecule has 1 aliphatic rings. The first-order valence-corrected chi connectivity index (χ1v) is 5.98. The van der Waals surface area contributed by atoms with Crippen LogP contribution in [0.5, 0.6) is 5.75 Å². The van der Waals surface area contributed by atoms with E-state index >= 15 is 0 Å². The van der Waals surface area contributed by atoms with Crippen LogP contribution in [-0.2, 0) is 0 Å². The lowest BCUT2D eigenvalue weighted by atomic mass is 10.0. The molecule has 0 aliphatic carbocycles. The molecule has 0 radical (unpaired) electrons. The lowest BCUT2D eigenvalue weighted by Gasteiger charge is -2.16. The predicted molar refractivity (Wildman–Crippen MR) is 65.7 cm³/mol. The van der Waals surface area contributed by atoms with Crippen molar-refractivity contribution < 1.29 is 4.74 Å². The second-order valence-corrected chi connectivity index (χ2v) is 4.65. The Hall–Kier alpha value is -0.290. The Kier molecular flexibility index (Phi) is 2.97. The van der Waals surface area contributed by atoms with Crippen LogP contribution < -0.4 is 10.1 Å². The maximum Gasteiger partial charge on any atom is 0.138 e. The molecule has 1 aromatic rings. The average Bonchev–Trinajstić information content (AvgIpc) is 2.57. The van der Waals surface area contributed by atoms with Gasteiger partial charge in [0.2, 0.25) is 0 Å². The molecule has 14 heavy (non-hydrogen) atoms. The normalized spacial score (nSPS) is 24.5. The third-order valence-corrected chi connectivity index (χ3v) is 3.54. The number of halogens is 1. The van der Waals surface area contributed by atoms with Gasteiger partial charge in [-0.2, -0.15) is 0 Å². The van der Waals surface area contributed by atoms with Gasteiger partial charge in [0.15, 0.2) is 0 Å². The largest absolute Gasteiger partial charge is 0.487 e. The van der Waals surface area contributed by atoms with Gasteiger partial charge in [-0.1, -0.05) is 19.1 Å². The van der Waals surface area contributed by atoms with Crippen molar-refractivity contribution >= 4 is 22.6 Å². The molecule has 0 aromatic heterocycles. The molecule has 1 aromatic carbocycles. The fraction of sp³-hybridized carbons (Fsp3) is 0.455. The smallest absolute Gasteiger partial charge is 0.138 e. The summed E-state index contributed by atoms with van der Waals surface area (Å²) in [6, 6.07) is 6.68. The number of benzene rings is 1. The van der Waals surface area contributed by atoms with Crippen LogP contribution in [0, 0.1) is 3.57 Å². The molecular formula is C11H14INO. The lowest BCUT2D eigenvalue weighted by molar-refractivity contribution is 0.188. The third-order valence-electron chi connectivity index (χ3n) is 2.69. The molecule has 0 fully saturated rings. The third kappa shape index (κ3) is 1.52. The number of hydrogen-bond acceptors (Lipinski definition) is 2. The van der Waals surface area contributed by atoms with Gasteiger partial charge in [0, 0.05) is 5.56 Å². The summed E-state index contributed by atoms with van der Waals surface area (Å²) in [4.78, 5) is 0. The van der Waals surface area contributed by atoms with E-state index in [-0.39, 0.29) is 6.10 Å². The van der Waals surface area contributed by atoms with E-state index in [1.807, 2.05) is 7.05 Å². The quantitative estimate of drug-likeness (QED) is 0.848. The molecule has 0 spiro atoms.